The molecule has 1 atom stereocenters. The Balaban J connectivity index is 1.99. The molecule has 1 aromatic carbocycles. The minimum atomic E-state index is -0.389. The summed E-state index contributed by atoms with van der Waals surface area (Å²) >= 11 is 5.76. The van der Waals surface area contributed by atoms with Crippen LogP contribution in [0.25, 0.3) is 0 Å². The molecular weight excluding hydrogens is 251 g/mol. The van der Waals surface area contributed by atoms with E-state index < -0.39 is 0 Å². The lowest BCUT2D eigenvalue weighted by Crippen LogP contribution is -2.18. The maximum atomic E-state index is 13.1. The van der Waals surface area contributed by atoms with Crippen LogP contribution in [-0.4, -0.2) is 4.98 Å². The molecule has 0 aliphatic rings. The fourth-order valence-corrected chi connectivity index (χ4v) is 1.86. The second-order valence-corrected chi connectivity index (χ2v) is 4.54. The van der Waals surface area contributed by atoms with Crippen LogP contribution >= 0.6 is 11.6 Å². The van der Waals surface area contributed by atoms with Gasteiger partial charge in [-0.05, 0) is 36.2 Å². The average molecular weight is 265 g/mol. The predicted molar refractivity (Wildman–Crippen MR) is 70.9 cm³/mol. The molecule has 2 rings (SSSR count). The van der Waals surface area contributed by atoms with Crippen molar-refractivity contribution in [3.63, 3.8) is 0 Å². The molecule has 2 nitrogen and oxygen atoms in total. The zero-order chi connectivity index (χ0) is 13.0. The fraction of sp³-hybridized carbons (Fsp3) is 0.214. The summed E-state index contributed by atoms with van der Waals surface area (Å²) in [6.07, 6.45) is 3.56. The number of hydrogen-bond donors (Lipinski definition) is 1. The van der Waals surface area contributed by atoms with Gasteiger partial charge in [0.2, 0.25) is 0 Å². The molecule has 1 unspecified atom stereocenters. The molecule has 18 heavy (non-hydrogen) atoms. The van der Waals surface area contributed by atoms with Crippen molar-refractivity contribution in [3.05, 3.63) is 64.7 Å². The third kappa shape index (κ3) is 3.28. The van der Waals surface area contributed by atoms with Crippen molar-refractivity contribution in [2.45, 2.75) is 19.5 Å². The van der Waals surface area contributed by atoms with Crippen molar-refractivity contribution in [1.29, 1.82) is 0 Å². The Kier molecular flexibility index (Phi) is 4.28. The predicted octanol–water partition coefficient (Wildman–Crippen LogP) is 3.72. The van der Waals surface area contributed by atoms with E-state index in [4.69, 9.17) is 11.6 Å². The van der Waals surface area contributed by atoms with Gasteiger partial charge in [0.05, 0.1) is 5.02 Å². The highest BCUT2D eigenvalue weighted by Crippen LogP contribution is 2.20. The number of halogens is 2. The third-order valence-electron chi connectivity index (χ3n) is 2.78. The highest BCUT2D eigenvalue weighted by molar-refractivity contribution is 6.30. The van der Waals surface area contributed by atoms with E-state index in [1.54, 1.807) is 18.3 Å². The molecule has 1 N–H and O–H groups in total. The van der Waals surface area contributed by atoms with E-state index in [1.807, 2.05) is 25.3 Å². The van der Waals surface area contributed by atoms with Gasteiger partial charge >= 0.3 is 0 Å². The summed E-state index contributed by atoms with van der Waals surface area (Å²) in [5.74, 6) is -0.389. The molecule has 0 saturated heterocycles. The molecule has 0 amide bonds. The number of benzene rings is 1. The lowest BCUT2D eigenvalue weighted by Gasteiger charge is -2.14. The summed E-state index contributed by atoms with van der Waals surface area (Å²) in [6.45, 7) is 2.73. The Morgan fingerprint density at radius 1 is 1.39 bits per heavy atom. The maximum Gasteiger partial charge on any atom is 0.141 e. The number of nitrogens with one attached hydrogen (secondary N) is 1. The van der Waals surface area contributed by atoms with Crippen molar-refractivity contribution < 1.29 is 4.39 Å². The van der Waals surface area contributed by atoms with Crippen LogP contribution in [0.5, 0.6) is 0 Å². The molecule has 94 valence electrons. The van der Waals surface area contributed by atoms with Crippen LogP contribution in [0, 0.1) is 5.82 Å². The Bertz CT molecular complexity index is 516. The molecule has 1 heterocycles. The van der Waals surface area contributed by atoms with E-state index in [-0.39, 0.29) is 16.9 Å². The smallest absolute Gasteiger partial charge is 0.141 e. The van der Waals surface area contributed by atoms with Crippen LogP contribution in [0.15, 0.2) is 42.7 Å². The van der Waals surface area contributed by atoms with Crippen LogP contribution in [-0.2, 0) is 6.54 Å². The minimum absolute atomic E-state index is 0.100. The van der Waals surface area contributed by atoms with Crippen LogP contribution in [0.3, 0.4) is 0 Å². The minimum Gasteiger partial charge on any atom is -0.306 e. The summed E-state index contributed by atoms with van der Waals surface area (Å²) in [4.78, 5) is 4.05. The fourth-order valence-electron chi connectivity index (χ4n) is 1.67. The van der Waals surface area contributed by atoms with Crippen LogP contribution in [0.4, 0.5) is 4.39 Å². The first-order valence-electron chi connectivity index (χ1n) is 5.74. The zero-order valence-electron chi connectivity index (χ0n) is 10.0. The summed E-state index contributed by atoms with van der Waals surface area (Å²) in [6, 6.07) is 8.78. The number of hydrogen-bond acceptors (Lipinski definition) is 2. The maximum absolute atomic E-state index is 13.1. The van der Waals surface area contributed by atoms with Gasteiger partial charge in [0, 0.05) is 25.0 Å². The first-order chi connectivity index (χ1) is 8.66. The lowest BCUT2D eigenvalue weighted by molar-refractivity contribution is 0.570. The summed E-state index contributed by atoms with van der Waals surface area (Å²) in [5.41, 5.74) is 2.07. The monoisotopic (exact) mass is 264 g/mol. The van der Waals surface area contributed by atoms with Gasteiger partial charge in [-0.25, -0.2) is 4.39 Å². The Morgan fingerprint density at radius 2 is 2.22 bits per heavy atom. The zero-order valence-corrected chi connectivity index (χ0v) is 10.8. The van der Waals surface area contributed by atoms with Gasteiger partial charge in [-0.1, -0.05) is 23.7 Å². The Morgan fingerprint density at radius 3 is 2.89 bits per heavy atom. The first-order valence-corrected chi connectivity index (χ1v) is 6.12. The molecule has 0 fully saturated rings. The van der Waals surface area contributed by atoms with Crippen LogP contribution in [0.1, 0.15) is 24.1 Å². The molecule has 0 radical (unpaired) electrons. The summed E-state index contributed by atoms with van der Waals surface area (Å²) < 4.78 is 13.1. The highest BCUT2D eigenvalue weighted by Gasteiger charge is 2.07. The van der Waals surface area contributed by atoms with E-state index in [2.05, 4.69) is 10.3 Å². The van der Waals surface area contributed by atoms with Gasteiger partial charge in [0.25, 0.3) is 0 Å². The Hall–Kier alpha value is -1.45. The molecule has 1 aromatic heterocycles. The van der Waals surface area contributed by atoms with E-state index >= 15 is 0 Å². The van der Waals surface area contributed by atoms with E-state index in [0.717, 1.165) is 11.1 Å². The van der Waals surface area contributed by atoms with Crippen LogP contribution in [0.2, 0.25) is 5.02 Å². The van der Waals surface area contributed by atoms with E-state index in [0.29, 0.717) is 6.54 Å². The number of rotatable bonds is 4. The molecule has 2 aromatic rings. The number of aromatic nitrogens is 1. The number of nitrogens with zero attached hydrogens (tertiary/aromatic N) is 1. The van der Waals surface area contributed by atoms with Crippen LogP contribution < -0.4 is 5.32 Å². The van der Waals surface area contributed by atoms with Gasteiger partial charge in [0.1, 0.15) is 5.82 Å². The molecular formula is C14H14ClFN2. The van der Waals surface area contributed by atoms with Gasteiger partial charge in [-0.2, -0.15) is 0 Å². The molecule has 0 aliphatic heterocycles. The summed E-state index contributed by atoms with van der Waals surface area (Å²) in [5, 5.41) is 3.50. The molecule has 0 spiro atoms. The standard InChI is InChI=1S/C14H14ClFN2/c1-10(12-4-5-14(16)13(15)7-12)18-9-11-3-2-6-17-8-11/h2-8,10,18H,9H2,1H3. The van der Waals surface area contributed by atoms with Crippen molar-refractivity contribution in [2.75, 3.05) is 0 Å². The first kappa shape index (κ1) is 13.0. The van der Waals surface area contributed by atoms with Gasteiger partial charge in [-0.3, -0.25) is 4.98 Å². The van der Waals surface area contributed by atoms with Crippen molar-refractivity contribution in [2.24, 2.45) is 0 Å². The average Bonchev–Trinajstić information content (AvgIpc) is 2.40. The largest absolute Gasteiger partial charge is 0.306 e. The van der Waals surface area contributed by atoms with Gasteiger partial charge < -0.3 is 5.32 Å². The van der Waals surface area contributed by atoms with Crippen molar-refractivity contribution in [3.8, 4) is 0 Å². The summed E-state index contributed by atoms with van der Waals surface area (Å²) in [7, 11) is 0. The second kappa shape index (κ2) is 5.94. The van der Waals surface area contributed by atoms with Gasteiger partial charge in [0.15, 0.2) is 0 Å². The lowest BCUT2D eigenvalue weighted by atomic mass is 10.1. The molecule has 0 bridgehead atoms. The van der Waals surface area contributed by atoms with E-state index in [1.165, 1.54) is 6.07 Å². The number of pyridine rings is 1. The quantitative estimate of drug-likeness (QED) is 0.910. The molecule has 4 heteroatoms. The molecule has 0 aliphatic carbocycles. The van der Waals surface area contributed by atoms with E-state index in [9.17, 15) is 4.39 Å². The highest BCUT2D eigenvalue weighted by atomic mass is 35.5. The third-order valence-corrected chi connectivity index (χ3v) is 3.07. The Labute approximate surface area is 111 Å². The van der Waals surface area contributed by atoms with Crippen molar-refractivity contribution in [1.82, 2.24) is 10.3 Å². The van der Waals surface area contributed by atoms with Crippen molar-refractivity contribution >= 4 is 11.6 Å². The molecule has 0 saturated carbocycles. The normalized spacial score (nSPS) is 12.4. The second-order valence-electron chi connectivity index (χ2n) is 4.14. The topological polar surface area (TPSA) is 24.9 Å². The van der Waals surface area contributed by atoms with Gasteiger partial charge in [-0.15, -0.1) is 0 Å². The SMILES string of the molecule is CC(NCc1cccnc1)c1ccc(F)c(Cl)c1.